The summed E-state index contributed by atoms with van der Waals surface area (Å²) in [5.74, 6) is 0.650. The van der Waals surface area contributed by atoms with Gasteiger partial charge in [0.1, 0.15) is 0 Å². The Balaban J connectivity index is 1.89. The molecule has 0 spiro atoms. The molecule has 1 saturated carbocycles. The quantitative estimate of drug-likeness (QED) is 0.864. The van der Waals surface area contributed by atoms with E-state index < -0.39 is 10.0 Å². The van der Waals surface area contributed by atoms with Crippen LogP contribution in [0.2, 0.25) is 0 Å². The second kappa shape index (κ2) is 6.34. The maximum Gasteiger partial charge on any atom is 0.260 e. The van der Waals surface area contributed by atoms with Crippen molar-refractivity contribution in [2.45, 2.75) is 43.6 Å². The summed E-state index contributed by atoms with van der Waals surface area (Å²) < 4.78 is 26.7. The topological polar surface area (TPSA) is 85.1 Å². The lowest BCUT2D eigenvalue weighted by atomic mass is 9.87. The molecule has 1 heterocycles. The molecule has 2 rings (SSSR count). The second-order valence-corrected chi connectivity index (χ2v) is 6.77. The molecular formula is C13H21N3O2S. The maximum atomic E-state index is 12.0. The lowest BCUT2D eigenvalue weighted by Gasteiger charge is -2.21. The van der Waals surface area contributed by atoms with Crippen molar-refractivity contribution in [1.29, 1.82) is 0 Å². The van der Waals surface area contributed by atoms with Gasteiger partial charge in [0, 0.05) is 12.7 Å². The smallest absolute Gasteiger partial charge is 0.260 e. The molecule has 0 radical (unpaired) electrons. The Bertz CT molecular complexity index is 510. The zero-order valence-corrected chi connectivity index (χ0v) is 11.8. The van der Waals surface area contributed by atoms with Gasteiger partial charge in [0.25, 0.3) is 10.0 Å². The van der Waals surface area contributed by atoms with Crippen LogP contribution in [0.15, 0.2) is 23.4 Å². The van der Waals surface area contributed by atoms with Crippen LogP contribution in [0.4, 0.5) is 5.69 Å². The first-order valence-corrected chi connectivity index (χ1v) is 8.28. The Hall–Kier alpha value is -1.14. The van der Waals surface area contributed by atoms with Gasteiger partial charge in [0.2, 0.25) is 0 Å². The molecule has 6 heteroatoms. The largest absolute Gasteiger partial charge is 0.396 e. The lowest BCUT2D eigenvalue weighted by molar-refractivity contribution is 0.339. The molecule has 106 valence electrons. The molecule has 0 aromatic carbocycles. The summed E-state index contributed by atoms with van der Waals surface area (Å²) in [6.07, 6.45) is 8.61. The van der Waals surface area contributed by atoms with Gasteiger partial charge in [-0.15, -0.1) is 0 Å². The Morgan fingerprint density at radius 3 is 2.74 bits per heavy atom. The Morgan fingerprint density at radius 2 is 2.05 bits per heavy atom. The van der Waals surface area contributed by atoms with Crippen molar-refractivity contribution in [2.24, 2.45) is 5.92 Å². The molecule has 1 aromatic heterocycles. The van der Waals surface area contributed by atoms with Crippen molar-refractivity contribution in [3.63, 3.8) is 0 Å². The van der Waals surface area contributed by atoms with Crippen LogP contribution < -0.4 is 10.5 Å². The number of nitrogens with two attached hydrogens (primary N) is 1. The van der Waals surface area contributed by atoms with Crippen molar-refractivity contribution in [2.75, 3.05) is 12.3 Å². The number of pyridine rings is 1. The minimum absolute atomic E-state index is 0.0707. The van der Waals surface area contributed by atoms with Crippen LogP contribution in [-0.2, 0) is 10.0 Å². The van der Waals surface area contributed by atoms with Gasteiger partial charge in [0.05, 0.1) is 5.69 Å². The predicted molar refractivity (Wildman–Crippen MR) is 75.0 cm³/mol. The Morgan fingerprint density at radius 1 is 1.32 bits per heavy atom. The molecule has 1 fully saturated rings. The van der Waals surface area contributed by atoms with Crippen LogP contribution in [0.5, 0.6) is 0 Å². The van der Waals surface area contributed by atoms with Crippen LogP contribution in [0, 0.1) is 5.92 Å². The first kappa shape index (κ1) is 14.3. The molecule has 3 N–H and O–H groups in total. The van der Waals surface area contributed by atoms with E-state index in [0.29, 0.717) is 12.5 Å². The number of hydrogen-bond donors (Lipinski definition) is 2. The molecule has 19 heavy (non-hydrogen) atoms. The van der Waals surface area contributed by atoms with E-state index >= 15 is 0 Å². The third-order valence-electron chi connectivity index (χ3n) is 3.62. The fourth-order valence-electron chi connectivity index (χ4n) is 2.57. The number of nitrogen functional groups attached to an aromatic ring is 1. The SMILES string of the molecule is Nc1cccnc1S(=O)(=O)NCCC1CCCCC1. The summed E-state index contributed by atoms with van der Waals surface area (Å²) in [5.41, 5.74) is 5.83. The standard InChI is InChI=1S/C13H21N3O2S/c14-12-7-4-9-15-13(12)19(17,18)16-10-8-11-5-2-1-3-6-11/h4,7,9,11,16H,1-3,5-6,8,10,14H2. The normalized spacial score (nSPS) is 17.5. The molecule has 1 aliphatic rings. The number of nitrogens with zero attached hydrogens (tertiary/aromatic N) is 1. The first-order chi connectivity index (χ1) is 9.09. The molecule has 0 unspecified atom stereocenters. The van der Waals surface area contributed by atoms with Crippen LogP contribution in [0.25, 0.3) is 0 Å². The molecule has 0 saturated heterocycles. The summed E-state index contributed by atoms with van der Waals surface area (Å²) in [6.45, 7) is 0.461. The predicted octanol–water partition coefficient (Wildman–Crippen LogP) is 1.91. The van der Waals surface area contributed by atoms with E-state index in [4.69, 9.17) is 5.73 Å². The number of rotatable bonds is 5. The first-order valence-electron chi connectivity index (χ1n) is 6.80. The number of nitrogens with one attached hydrogen (secondary N) is 1. The van der Waals surface area contributed by atoms with E-state index in [1.807, 2.05) is 0 Å². The van der Waals surface area contributed by atoms with Crippen LogP contribution in [0.3, 0.4) is 0 Å². The third-order valence-corrected chi connectivity index (χ3v) is 5.06. The summed E-state index contributed by atoms with van der Waals surface area (Å²) in [4.78, 5) is 3.84. The Labute approximate surface area is 114 Å². The maximum absolute atomic E-state index is 12.0. The average molecular weight is 283 g/mol. The van der Waals surface area contributed by atoms with Crippen LogP contribution >= 0.6 is 0 Å². The zero-order valence-electron chi connectivity index (χ0n) is 11.0. The van der Waals surface area contributed by atoms with Crippen molar-refractivity contribution in [3.8, 4) is 0 Å². The monoisotopic (exact) mass is 283 g/mol. The van der Waals surface area contributed by atoms with Gasteiger partial charge in [-0.05, 0) is 24.5 Å². The van der Waals surface area contributed by atoms with Crippen molar-refractivity contribution in [1.82, 2.24) is 9.71 Å². The van der Waals surface area contributed by atoms with Gasteiger partial charge in [-0.1, -0.05) is 32.1 Å². The zero-order chi connectivity index (χ0) is 13.7. The van der Waals surface area contributed by atoms with Gasteiger partial charge in [-0.25, -0.2) is 18.1 Å². The highest BCUT2D eigenvalue weighted by atomic mass is 32.2. The molecule has 1 aromatic rings. The highest BCUT2D eigenvalue weighted by Crippen LogP contribution is 2.26. The second-order valence-electron chi connectivity index (χ2n) is 5.09. The van der Waals surface area contributed by atoms with E-state index in [9.17, 15) is 8.42 Å². The summed E-state index contributed by atoms with van der Waals surface area (Å²) in [5, 5.41) is -0.0707. The summed E-state index contributed by atoms with van der Waals surface area (Å²) >= 11 is 0. The number of aromatic nitrogens is 1. The van der Waals surface area contributed by atoms with E-state index in [0.717, 1.165) is 6.42 Å². The Kier molecular flexibility index (Phi) is 4.76. The number of hydrogen-bond acceptors (Lipinski definition) is 4. The van der Waals surface area contributed by atoms with Gasteiger partial charge in [-0.3, -0.25) is 0 Å². The molecule has 0 amide bonds. The highest BCUT2D eigenvalue weighted by Gasteiger charge is 2.19. The van der Waals surface area contributed by atoms with Gasteiger partial charge in [0.15, 0.2) is 5.03 Å². The fourth-order valence-corrected chi connectivity index (χ4v) is 3.67. The van der Waals surface area contributed by atoms with Crippen molar-refractivity contribution < 1.29 is 8.42 Å². The lowest BCUT2D eigenvalue weighted by Crippen LogP contribution is -2.28. The molecule has 0 bridgehead atoms. The fraction of sp³-hybridized carbons (Fsp3) is 0.615. The number of anilines is 1. The van der Waals surface area contributed by atoms with Gasteiger partial charge in [-0.2, -0.15) is 0 Å². The van der Waals surface area contributed by atoms with E-state index in [-0.39, 0.29) is 10.7 Å². The molecular weight excluding hydrogens is 262 g/mol. The molecule has 0 atom stereocenters. The van der Waals surface area contributed by atoms with E-state index in [1.54, 1.807) is 12.1 Å². The third kappa shape index (κ3) is 3.91. The summed E-state index contributed by atoms with van der Waals surface area (Å²) in [7, 11) is -3.58. The van der Waals surface area contributed by atoms with Gasteiger partial charge < -0.3 is 5.73 Å². The minimum atomic E-state index is -3.58. The minimum Gasteiger partial charge on any atom is -0.396 e. The number of sulfonamides is 1. The van der Waals surface area contributed by atoms with E-state index in [1.165, 1.54) is 38.3 Å². The van der Waals surface area contributed by atoms with E-state index in [2.05, 4.69) is 9.71 Å². The van der Waals surface area contributed by atoms with Crippen LogP contribution in [-0.4, -0.2) is 19.9 Å². The van der Waals surface area contributed by atoms with Crippen molar-refractivity contribution >= 4 is 15.7 Å². The highest BCUT2D eigenvalue weighted by molar-refractivity contribution is 7.89. The summed E-state index contributed by atoms with van der Waals surface area (Å²) in [6, 6.07) is 3.17. The molecule has 0 aliphatic heterocycles. The van der Waals surface area contributed by atoms with Crippen LogP contribution in [0.1, 0.15) is 38.5 Å². The molecule has 1 aliphatic carbocycles. The molecule has 5 nitrogen and oxygen atoms in total. The average Bonchev–Trinajstić information content (AvgIpc) is 2.40. The van der Waals surface area contributed by atoms with Gasteiger partial charge >= 0.3 is 0 Å². The van der Waals surface area contributed by atoms with Crippen molar-refractivity contribution in [3.05, 3.63) is 18.3 Å².